The highest BCUT2D eigenvalue weighted by atomic mass is 16.5. The molecule has 7 heteroatoms. The molecule has 2 aliphatic rings. The standard InChI is InChI=1S/C24H36N4O3/c1-6-27-12-14-28(15-13-27)16-20-21(23(29)31-7-2)22(25-24(30)26(20)5)19-10-8-18(9-11-19)17(3)4/h8-11,17,22H,6-7,12-16H2,1-5H3,(H,25,30)/t22-/m1/s1. The number of hydrogen-bond donors (Lipinski definition) is 1. The van der Waals surface area contributed by atoms with Crippen LogP contribution in [0.15, 0.2) is 35.5 Å². The van der Waals surface area contributed by atoms with Crippen LogP contribution in [0.4, 0.5) is 4.79 Å². The first-order valence-electron chi connectivity index (χ1n) is 11.3. The van der Waals surface area contributed by atoms with E-state index in [1.807, 2.05) is 12.1 Å². The van der Waals surface area contributed by atoms with Crippen LogP contribution in [0, 0.1) is 0 Å². The van der Waals surface area contributed by atoms with E-state index in [9.17, 15) is 9.59 Å². The van der Waals surface area contributed by atoms with Crippen molar-refractivity contribution in [1.29, 1.82) is 0 Å². The lowest BCUT2D eigenvalue weighted by molar-refractivity contribution is -0.139. The molecule has 2 heterocycles. The molecule has 1 aromatic rings. The number of amides is 2. The smallest absolute Gasteiger partial charge is 0.338 e. The highest BCUT2D eigenvalue weighted by Crippen LogP contribution is 2.32. The van der Waals surface area contributed by atoms with E-state index in [1.165, 1.54) is 5.56 Å². The summed E-state index contributed by atoms with van der Waals surface area (Å²) in [6.45, 7) is 14.0. The number of piperazine rings is 1. The maximum Gasteiger partial charge on any atom is 0.338 e. The van der Waals surface area contributed by atoms with Crippen molar-refractivity contribution in [2.24, 2.45) is 0 Å². The fourth-order valence-corrected chi connectivity index (χ4v) is 4.20. The minimum absolute atomic E-state index is 0.201. The van der Waals surface area contributed by atoms with Crippen LogP contribution in [0.3, 0.4) is 0 Å². The van der Waals surface area contributed by atoms with E-state index in [-0.39, 0.29) is 12.0 Å². The first-order valence-corrected chi connectivity index (χ1v) is 11.3. The SMILES string of the molecule is CCOC(=O)C1=C(CN2CCN(CC)CC2)N(C)C(=O)N[C@@H]1c1ccc(C(C)C)cc1. The molecule has 0 aromatic heterocycles. The molecule has 170 valence electrons. The molecule has 0 spiro atoms. The second kappa shape index (κ2) is 10.3. The Morgan fingerprint density at radius 3 is 2.26 bits per heavy atom. The van der Waals surface area contributed by atoms with Gasteiger partial charge in [0.05, 0.1) is 18.2 Å². The number of carbonyl (C=O) groups excluding carboxylic acids is 2. The monoisotopic (exact) mass is 428 g/mol. The maximum atomic E-state index is 13.1. The third-order valence-corrected chi connectivity index (χ3v) is 6.29. The molecule has 1 aromatic carbocycles. The first-order chi connectivity index (χ1) is 14.8. The van der Waals surface area contributed by atoms with Gasteiger partial charge >= 0.3 is 12.0 Å². The topological polar surface area (TPSA) is 65.1 Å². The van der Waals surface area contributed by atoms with E-state index in [0.717, 1.165) is 44.0 Å². The van der Waals surface area contributed by atoms with Crippen molar-refractivity contribution in [3.05, 3.63) is 46.7 Å². The molecule has 7 nitrogen and oxygen atoms in total. The van der Waals surface area contributed by atoms with E-state index in [0.29, 0.717) is 24.6 Å². The van der Waals surface area contributed by atoms with Crippen molar-refractivity contribution in [2.75, 3.05) is 52.9 Å². The van der Waals surface area contributed by atoms with Crippen molar-refractivity contribution >= 4 is 12.0 Å². The lowest BCUT2D eigenvalue weighted by atomic mass is 9.92. The zero-order chi connectivity index (χ0) is 22.5. The summed E-state index contributed by atoms with van der Waals surface area (Å²) in [6.07, 6.45) is 0. The molecular formula is C24H36N4O3. The summed E-state index contributed by atoms with van der Waals surface area (Å²) in [5, 5.41) is 3.01. The second-order valence-corrected chi connectivity index (χ2v) is 8.55. The van der Waals surface area contributed by atoms with Gasteiger partial charge in [-0.2, -0.15) is 0 Å². The van der Waals surface area contributed by atoms with Gasteiger partial charge in [0.2, 0.25) is 0 Å². The Kier molecular flexibility index (Phi) is 7.73. The predicted molar refractivity (Wildman–Crippen MR) is 122 cm³/mol. The summed E-state index contributed by atoms with van der Waals surface area (Å²) in [5.74, 6) is 0.0491. The maximum absolute atomic E-state index is 13.1. The fraction of sp³-hybridized carbons (Fsp3) is 0.583. The molecule has 1 fully saturated rings. The van der Waals surface area contributed by atoms with Gasteiger partial charge in [0.1, 0.15) is 0 Å². The Morgan fingerprint density at radius 1 is 1.10 bits per heavy atom. The average molecular weight is 429 g/mol. The third-order valence-electron chi connectivity index (χ3n) is 6.29. The van der Waals surface area contributed by atoms with Crippen LogP contribution in [0.2, 0.25) is 0 Å². The van der Waals surface area contributed by atoms with Crippen LogP contribution < -0.4 is 5.32 Å². The quantitative estimate of drug-likeness (QED) is 0.677. The molecule has 3 rings (SSSR count). The normalized spacial score (nSPS) is 20.9. The van der Waals surface area contributed by atoms with Crippen LogP contribution in [0.5, 0.6) is 0 Å². The molecule has 2 aliphatic heterocycles. The lowest BCUT2D eigenvalue weighted by Gasteiger charge is -2.39. The van der Waals surface area contributed by atoms with Crippen molar-refractivity contribution in [3.8, 4) is 0 Å². The first kappa shape index (κ1) is 23.3. The fourth-order valence-electron chi connectivity index (χ4n) is 4.20. The molecule has 0 aliphatic carbocycles. The molecule has 0 bridgehead atoms. The average Bonchev–Trinajstić information content (AvgIpc) is 2.77. The summed E-state index contributed by atoms with van der Waals surface area (Å²) in [7, 11) is 1.73. The Balaban J connectivity index is 1.96. The van der Waals surface area contributed by atoms with Gasteiger partial charge in [0.25, 0.3) is 0 Å². The Labute approximate surface area is 186 Å². The van der Waals surface area contributed by atoms with Gasteiger partial charge in [-0.15, -0.1) is 0 Å². The van der Waals surface area contributed by atoms with E-state index in [1.54, 1.807) is 18.9 Å². The predicted octanol–water partition coefficient (Wildman–Crippen LogP) is 2.96. The number of urea groups is 1. The number of nitrogens with zero attached hydrogens (tertiary/aromatic N) is 3. The molecule has 1 N–H and O–H groups in total. The highest BCUT2D eigenvalue weighted by Gasteiger charge is 2.37. The van der Waals surface area contributed by atoms with E-state index in [4.69, 9.17) is 4.74 Å². The molecule has 31 heavy (non-hydrogen) atoms. The van der Waals surface area contributed by atoms with Gasteiger partial charge in [0.15, 0.2) is 0 Å². The Morgan fingerprint density at radius 2 is 1.71 bits per heavy atom. The van der Waals surface area contributed by atoms with Gasteiger partial charge in [0, 0.05) is 45.5 Å². The zero-order valence-corrected chi connectivity index (χ0v) is 19.5. The van der Waals surface area contributed by atoms with Crippen LogP contribution >= 0.6 is 0 Å². The summed E-state index contributed by atoms with van der Waals surface area (Å²) >= 11 is 0. The zero-order valence-electron chi connectivity index (χ0n) is 19.5. The molecule has 2 amide bonds. The Hall–Kier alpha value is -2.38. The molecule has 0 saturated carbocycles. The van der Waals surface area contributed by atoms with Crippen molar-refractivity contribution in [1.82, 2.24) is 20.0 Å². The van der Waals surface area contributed by atoms with Gasteiger partial charge in [-0.1, -0.05) is 45.0 Å². The van der Waals surface area contributed by atoms with Crippen molar-refractivity contribution < 1.29 is 14.3 Å². The molecule has 0 unspecified atom stereocenters. The van der Waals surface area contributed by atoms with E-state index >= 15 is 0 Å². The number of hydrogen-bond acceptors (Lipinski definition) is 5. The molecule has 1 saturated heterocycles. The van der Waals surface area contributed by atoms with E-state index < -0.39 is 6.04 Å². The van der Waals surface area contributed by atoms with Crippen molar-refractivity contribution in [2.45, 2.75) is 39.7 Å². The molecule has 0 radical (unpaired) electrons. The third kappa shape index (κ3) is 5.28. The van der Waals surface area contributed by atoms with Gasteiger partial charge in [-0.05, 0) is 30.5 Å². The summed E-state index contributed by atoms with van der Waals surface area (Å²) < 4.78 is 5.43. The van der Waals surface area contributed by atoms with Gasteiger partial charge in [-0.25, -0.2) is 9.59 Å². The van der Waals surface area contributed by atoms with Gasteiger partial charge < -0.3 is 15.0 Å². The van der Waals surface area contributed by atoms with Crippen LogP contribution in [0.1, 0.15) is 50.8 Å². The molecular weight excluding hydrogens is 392 g/mol. The number of benzene rings is 1. The summed E-state index contributed by atoms with van der Waals surface area (Å²) in [5.41, 5.74) is 3.37. The number of carbonyl (C=O) groups is 2. The largest absolute Gasteiger partial charge is 0.463 e. The second-order valence-electron chi connectivity index (χ2n) is 8.55. The number of rotatable bonds is 7. The van der Waals surface area contributed by atoms with Crippen LogP contribution in [-0.4, -0.2) is 79.6 Å². The van der Waals surface area contributed by atoms with Crippen molar-refractivity contribution in [3.63, 3.8) is 0 Å². The number of ether oxygens (including phenoxy) is 1. The highest BCUT2D eigenvalue weighted by molar-refractivity contribution is 5.95. The minimum atomic E-state index is -0.518. The molecule has 1 atom stereocenters. The van der Waals surface area contributed by atoms with Crippen LogP contribution in [-0.2, 0) is 9.53 Å². The summed E-state index contributed by atoms with van der Waals surface area (Å²) in [6, 6.07) is 7.42. The number of nitrogens with one attached hydrogen (secondary N) is 1. The minimum Gasteiger partial charge on any atom is -0.463 e. The number of likely N-dealkylation sites (N-methyl/N-ethyl adjacent to an activating group) is 2. The number of esters is 1. The summed E-state index contributed by atoms with van der Waals surface area (Å²) in [4.78, 5) is 32.2. The van der Waals surface area contributed by atoms with Crippen LogP contribution in [0.25, 0.3) is 0 Å². The Bertz CT molecular complexity index is 811. The lowest BCUT2D eigenvalue weighted by Crippen LogP contribution is -2.52. The van der Waals surface area contributed by atoms with Gasteiger partial charge in [-0.3, -0.25) is 9.80 Å². The van der Waals surface area contributed by atoms with E-state index in [2.05, 4.69) is 48.0 Å².